The van der Waals surface area contributed by atoms with E-state index in [1.165, 1.54) is 12.0 Å². The smallest absolute Gasteiger partial charge is 0.219 e. The van der Waals surface area contributed by atoms with Crippen LogP contribution in [0.25, 0.3) is 10.7 Å². The molecule has 2 aromatic heterocycles. The molecule has 0 spiro atoms. The molecule has 3 rings (SSSR count). The van der Waals surface area contributed by atoms with Crippen LogP contribution in [0.5, 0.6) is 0 Å². The Morgan fingerprint density at radius 2 is 2.33 bits per heavy atom. The minimum Gasteiger partial charge on any atom is -0.343 e. The maximum atomic E-state index is 11.5. The fraction of sp³-hybridized carbons (Fsp3) is 0.438. The zero-order chi connectivity index (χ0) is 14.7. The molecule has 1 saturated heterocycles. The number of hydrogen-bond donors (Lipinski definition) is 0. The Kier molecular flexibility index (Phi) is 4.29. The second kappa shape index (κ2) is 6.35. The van der Waals surface area contributed by atoms with Crippen molar-refractivity contribution in [2.75, 3.05) is 13.1 Å². The molecule has 0 aromatic carbocycles. The molecular weight excluding hydrogens is 282 g/mol. The summed E-state index contributed by atoms with van der Waals surface area (Å²) in [6.45, 7) is 3.45. The molecule has 1 unspecified atom stereocenters. The van der Waals surface area contributed by atoms with Gasteiger partial charge < -0.3 is 4.90 Å². The molecule has 5 heteroatoms. The van der Waals surface area contributed by atoms with Gasteiger partial charge in [0.1, 0.15) is 5.01 Å². The second-order valence-corrected chi connectivity index (χ2v) is 6.46. The summed E-state index contributed by atoms with van der Waals surface area (Å²) in [5.74, 6) is 0.743. The van der Waals surface area contributed by atoms with E-state index in [1.807, 2.05) is 16.5 Å². The van der Waals surface area contributed by atoms with Crippen LogP contribution in [0.15, 0.2) is 29.9 Å². The summed E-state index contributed by atoms with van der Waals surface area (Å²) in [4.78, 5) is 22.2. The van der Waals surface area contributed by atoms with E-state index in [9.17, 15) is 4.79 Å². The van der Waals surface area contributed by atoms with E-state index in [4.69, 9.17) is 0 Å². The molecule has 21 heavy (non-hydrogen) atoms. The Bertz CT molecular complexity index is 612. The average molecular weight is 301 g/mol. The number of likely N-dealkylation sites (tertiary alicyclic amines) is 1. The normalized spacial score (nSPS) is 18.7. The Labute approximate surface area is 128 Å². The standard InChI is InChI=1S/C16H19N3OS/c1-12(20)19-7-2-3-14(11-19)9-13-4-5-17-15(10-13)16-18-6-8-21-16/h4-6,8,10,14H,2-3,7,9,11H2,1H3. The average Bonchev–Trinajstić information content (AvgIpc) is 3.02. The third-order valence-electron chi connectivity index (χ3n) is 3.96. The number of carbonyl (C=O) groups excluding carboxylic acids is 1. The minimum absolute atomic E-state index is 0.193. The molecule has 1 fully saturated rings. The van der Waals surface area contributed by atoms with Crippen LogP contribution in [0.2, 0.25) is 0 Å². The summed E-state index contributed by atoms with van der Waals surface area (Å²) in [6, 6.07) is 4.20. The number of thiazole rings is 1. The quantitative estimate of drug-likeness (QED) is 0.875. The highest BCUT2D eigenvalue weighted by molar-refractivity contribution is 7.13. The van der Waals surface area contributed by atoms with Gasteiger partial charge in [0.2, 0.25) is 5.91 Å². The molecule has 110 valence electrons. The van der Waals surface area contributed by atoms with E-state index in [1.54, 1.807) is 24.5 Å². The van der Waals surface area contributed by atoms with Crippen molar-refractivity contribution in [1.29, 1.82) is 0 Å². The van der Waals surface area contributed by atoms with Crippen LogP contribution in [0, 0.1) is 5.92 Å². The number of pyridine rings is 1. The van der Waals surface area contributed by atoms with Crippen molar-refractivity contribution in [2.45, 2.75) is 26.2 Å². The molecule has 4 nitrogen and oxygen atoms in total. The topological polar surface area (TPSA) is 46.1 Å². The molecule has 1 atom stereocenters. The van der Waals surface area contributed by atoms with Crippen molar-refractivity contribution < 1.29 is 4.79 Å². The lowest BCUT2D eigenvalue weighted by Gasteiger charge is -2.32. The number of rotatable bonds is 3. The van der Waals surface area contributed by atoms with Crippen LogP contribution >= 0.6 is 11.3 Å². The monoisotopic (exact) mass is 301 g/mol. The van der Waals surface area contributed by atoms with E-state index in [2.05, 4.69) is 22.1 Å². The Morgan fingerprint density at radius 1 is 1.43 bits per heavy atom. The Hall–Kier alpha value is -1.75. The number of nitrogens with zero attached hydrogens (tertiary/aromatic N) is 3. The molecule has 0 bridgehead atoms. The molecule has 0 saturated carbocycles. The molecule has 0 N–H and O–H groups in total. The lowest BCUT2D eigenvalue weighted by Crippen LogP contribution is -2.39. The number of amides is 1. The summed E-state index contributed by atoms with van der Waals surface area (Å²) in [5.41, 5.74) is 2.23. The minimum atomic E-state index is 0.193. The van der Waals surface area contributed by atoms with Gasteiger partial charge in [-0.2, -0.15) is 0 Å². The molecular formula is C16H19N3OS. The number of carbonyl (C=O) groups is 1. The van der Waals surface area contributed by atoms with Gasteiger partial charge in [-0.05, 0) is 42.9 Å². The fourth-order valence-corrected chi connectivity index (χ4v) is 3.52. The maximum absolute atomic E-state index is 11.5. The number of hydrogen-bond acceptors (Lipinski definition) is 4. The molecule has 0 radical (unpaired) electrons. The Balaban J connectivity index is 1.70. The van der Waals surface area contributed by atoms with Crippen molar-refractivity contribution in [1.82, 2.24) is 14.9 Å². The predicted octanol–water partition coefficient (Wildman–Crippen LogP) is 3.01. The van der Waals surface area contributed by atoms with Gasteiger partial charge in [0, 0.05) is 37.8 Å². The predicted molar refractivity (Wildman–Crippen MR) is 84.0 cm³/mol. The molecule has 2 aromatic rings. The van der Waals surface area contributed by atoms with Crippen LogP contribution in [0.3, 0.4) is 0 Å². The zero-order valence-corrected chi connectivity index (χ0v) is 13.0. The maximum Gasteiger partial charge on any atom is 0.219 e. The first-order valence-corrected chi connectivity index (χ1v) is 8.20. The Morgan fingerprint density at radius 3 is 3.10 bits per heavy atom. The van der Waals surface area contributed by atoms with Crippen LogP contribution in [-0.4, -0.2) is 33.9 Å². The van der Waals surface area contributed by atoms with Crippen LogP contribution in [-0.2, 0) is 11.2 Å². The van der Waals surface area contributed by atoms with Gasteiger partial charge in [-0.15, -0.1) is 11.3 Å². The summed E-state index contributed by atoms with van der Waals surface area (Å²) >= 11 is 1.61. The zero-order valence-electron chi connectivity index (χ0n) is 12.2. The van der Waals surface area contributed by atoms with Crippen LogP contribution in [0.4, 0.5) is 0 Å². The molecule has 1 aliphatic rings. The summed E-state index contributed by atoms with van der Waals surface area (Å²) in [6.07, 6.45) is 6.97. The fourth-order valence-electron chi connectivity index (χ4n) is 2.92. The summed E-state index contributed by atoms with van der Waals surface area (Å²) in [7, 11) is 0. The SMILES string of the molecule is CC(=O)N1CCCC(Cc2ccnc(-c3nccs3)c2)C1. The number of aromatic nitrogens is 2. The van der Waals surface area contributed by atoms with E-state index >= 15 is 0 Å². The second-order valence-electron chi connectivity index (χ2n) is 5.56. The highest BCUT2D eigenvalue weighted by Gasteiger charge is 2.21. The van der Waals surface area contributed by atoms with Gasteiger partial charge >= 0.3 is 0 Å². The van der Waals surface area contributed by atoms with Gasteiger partial charge in [-0.25, -0.2) is 4.98 Å². The van der Waals surface area contributed by atoms with Crippen molar-refractivity contribution >= 4 is 17.2 Å². The highest BCUT2D eigenvalue weighted by Crippen LogP contribution is 2.24. The first-order chi connectivity index (χ1) is 10.2. The van der Waals surface area contributed by atoms with Crippen molar-refractivity contribution in [3.63, 3.8) is 0 Å². The largest absolute Gasteiger partial charge is 0.343 e. The summed E-state index contributed by atoms with van der Waals surface area (Å²) < 4.78 is 0. The van der Waals surface area contributed by atoms with E-state index in [0.29, 0.717) is 5.92 Å². The lowest BCUT2D eigenvalue weighted by atomic mass is 9.91. The first-order valence-electron chi connectivity index (χ1n) is 7.32. The van der Waals surface area contributed by atoms with Gasteiger partial charge in [0.25, 0.3) is 0 Å². The van der Waals surface area contributed by atoms with Crippen LogP contribution in [0.1, 0.15) is 25.3 Å². The van der Waals surface area contributed by atoms with E-state index in [0.717, 1.165) is 36.6 Å². The molecule has 1 amide bonds. The van der Waals surface area contributed by atoms with Gasteiger partial charge in [0.15, 0.2) is 0 Å². The van der Waals surface area contributed by atoms with Crippen molar-refractivity contribution in [2.24, 2.45) is 5.92 Å². The first kappa shape index (κ1) is 14.2. The molecule has 1 aliphatic heterocycles. The van der Waals surface area contributed by atoms with E-state index < -0.39 is 0 Å². The summed E-state index contributed by atoms with van der Waals surface area (Å²) in [5, 5.41) is 2.93. The van der Waals surface area contributed by atoms with E-state index in [-0.39, 0.29) is 5.91 Å². The van der Waals surface area contributed by atoms with Gasteiger partial charge in [-0.1, -0.05) is 0 Å². The van der Waals surface area contributed by atoms with Crippen molar-refractivity contribution in [3.8, 4) is 10.7 Å². The van der Waals surface area contributed by atoms with Gasteiger partial charge in [-0.3, -0.25) is 9.78 Å². The van der Waals surface area contributed by atoms with Crippen molar-refractivity contribution in [3.05, 3.63) is 35.5 Å². The molecule has 3 heterocycles. The third-order valence-corrected chi connectivity index (χ3v) is 4.76. The highest BCUT2D eigenvalue weighted by atomic mass is 32.1. The van der Waals surface area contributed by atoms with Gasteiger partial charge in [0.05, 0.1) is 5.69 Å². The molecule has 0 aliphatic carbocycles. The van der Waals surface area contributed by atoms with Crippen LogP contribution < -0.4 is 0 Å². The lowest BCUT2D eigenvalue weighted by molar-refractivity contribution is -0.130. The third kappa shape index (κ3) is 3.47. The number of piperidine rings is 1.